The quantitative estimate of drug-likeness (QED) is 0.0981. The predicted molar refractivity (Wildman–Crippen MR) is 152 cm³/mol. The summed E-state index contributed by atoms with van der Waals surface area (Å²) in [6.45, 7) is 10.5. The summed E-state index contributed by atoms with van der Waals surface area (Å²) in [7, 11) is 0. The van der Waals surface area contributed by atoms with E-state index in [4.69, 9.17) is 0 Å². The second-order valence-corrected chi connectivity index (χ2v) is 11.2. The van der Waals surface area contributed by atoms with Crippen LogP contribution >= 0.6 is 0 Å². The summed E-state index contributed by atoms with van der Waals surface area (Å²) in [5, 5.41) is 0. The molecule has 0 aromatic carbocycles. The zero-order valence-electron chi connectivity index (χ0n) is 24.1. The first kappa shape index (κ1) is 31.2. The lowest BCUT2D eigenvalue weighted by Gasteiger charge is -2.08. The lowest BCUT2D eigenvalue weighted by atomic mass is 10.0. The molecule has 0 N–H and O–H groups in total. The predicted octanol–water partition coefficient (Wildman–Crippen LogP) is 10.5. The molecule has 1 aromatic heterocycles. The van der Waals surface area contributed by atoms with E-state index < -0.39 is 0 Å². The van der Waals surface area contributed by atoms with Gasteiger partial charge in [-0.15, -0.1) is 0 Å². The highest BCUT2D eigenvalue weighted by Gasteiger charge is 2.18. The van der Waals surface area contributed by atoms with Gasteiger partial charge in [-0.1, -0.05) is 136 Å². The first-order valence-electron chi connectivity index (χ1n) is 15.8. The van der Waals surface area contributed by atoms with Gasteiger partial charge in [0, 0.05) is 6.42 Å². The Morgan fingerprint density at radius 3 is 1.35 bits per heavy atom. The molecule has 34 heavy (non-hydrogen) atoms. The fraction of sp³-hybridized carbons (Fsp3) is 0.906. The molecule has 0 fully saturated rings. The van der Waals surface area contributed by atoms with Crippen LogP contribution in [0.2, 0.25) is 0 Å². The molecule has 200 valence electrons. The summed E-state index contributed by atoms with van der Waals surface area (Å²) in [6, 6.07) is 0.571. The van der Waals surface area contributed by atoms with E-state index in [9.17, 15) is 0 Å². The second kappa shape index (κ2) is 22.7. The number of rotatable bonds is 25. The van der Waals surface area contributed by atoms with Gasteiger partial charge in [-0.3, -0.25) is 0 Å². The zero-order chi connectivity index (χ0) is 24.7. The van der Waals surface area contributed by atoms with E-state index in [-0.39, 0.29) is 0 Å². The molecule has 1 rings (SSSR count). The third-order valence-electron chi connectivity index (χ3n) is 7.60. The smallest absolute Gasteiger partial charge is 0.234 e. The van der Waals surface area contributed by atoms with Gasteiger partial charge < -0.3 is 0 Å². The molecule has 0 aliphatic carbocycles. The largest absolute Gasteiger partial charge is 0.256 e. The Bertz CT molecular complexity index is 545. The molecule has 0 aliphatic rings. The minimum atomic E-state index is 0.571. The molecule has 0 radical (unpaired) electrons. The van der Waals surface area contributed by atoms with Gasteiger partial charge >= 0.3 is 0 Å². The molecule has 0 unspecified atom stereocenters. The Morgan fingerprint density at radius 1 is 0.559 bits per heavy atom. The topological polar surface area (TPSA) is 8.81 Å². The van der Waals surface area contributed by atoms with E-state index in [0.29, 0.717) is 6.04 Å². The van der Waals surface area contributed by atoms with Gasteiger partial charge in [-0.05, 0) is 33.1 Å². The van der Waals surface area contributed by atoms with E-state index in [1.54, 1.807) is 5.82 Å². The Labute approximate surface area is 215 Å². The van der Waals surface area contributed by atoms with Crippen LogP contribution in [0.3, 0.4) is 0 Å². The molecule has 0 atom stereocenters. The van der Waals surface area contributed by atoms with Crippen molar-refractivity contribution in [3.63, 3.8) is 0 Å². The lowest BCUT2D eigenvalue weighted by Crippen LogP contribution is -2.37. The third kappa shape index (κ3) is 16.0. The Balaban J connectivity index is 2.02. The maximum atomic E-state index is 2.55. The van der Waals surface area contributed by atoms with Gasteiger partial charge in [0.15, 0.2) is 0 Å². The van der Waals surface area contributed by atoms with Crippen LogP contribution in [0.4, 0.5) is 0 Å². The van der Waals surface area contributed by atoms with Crippen LogP contribution in [0.25, 0.3) is 0 Å². The van der Waals surface area contributed by atoms with E-state index in [0.717, 1.165) is 0 Å². The average Bonchev–Trinajstić information content (AvgIpc) is 3.24. The molecular formula is C32H63N2+. The number of aryl methyl sites for hydroxylation is 1. The minimum Gasteiger partial charge on any atom is -0.234 e. The third-order valence-corrected chi connectivity index (χ3v) is 7.60. The van der Waals surface area contributed by atoms with Crippen LogP contribution in [0.5, 0.6) is 0 Å². The Hall–Kier alpha value is -0.790. The fourth-order valence-electron chi connectivity index (χ4n) is 5.31. The van der Waals surface area contributed by atoms with Crippen molar-refractivity contribution in [1.29, 1.82) is 0 Å². The Kier molecular flexibility index (Phi) is 20.8. The van der Waals surface area contributed by atoms with Crippen molar-refractivity contribution in [2.24, 2.45) is 0 Å². The van der Waals surface area contributed by atoms with Crippen molar-refractivity contribution >= 4 is 0 Å². The summed E-state index contributed by atoms with van der Waals surface area (Å²) in [6.07, 6.45) is 37.3. The fourth-order valence-corrected chi connectivity index (χ4v) is 5.31. The van der Waals surface area contributed by atoms with E-state index >= 15 is 0 Å². The SMILES string of the molecule is CCCCCCCCCCCCCCCCCCCc1n(C(C)C)cc[n+]1CCCCCCC. The van der Waals surface area contributed by atoms with Crippen molar-refractivity contribution in [3.8, 4) is 0 Å². The molecule has 0 aliphatic heterocycles. The van der Waals surface area contributed by atoms with Crippen LogP contribution in [0, 0.1) is 0 Å². The van der Waals surface area contributed by atoms with Gasteiger partial charge in [-0.25, -0.2) is 9.13 Å². The van der Waals surface area contributed by atoms with Crippen LogP contribution in [0.1, 0.15) is 181 Å². The molecule has 0 saturated heterocycles. The number of imidazole rings is 1. The highest BCUT2D eigenvalue weighted by molar-refractivity contribution is 4.86. The van der Waals surface area contributed by atoms with Crippen molar-refractivity contribution in [3.05, 3.63) is 18.2 Å². The molecule has 1 aromatic rings. The van der Waals surface area contributed by atoms with Crippen molar-refractivity contribution in [2.45, 2.75) is 188 Å². The number of aromatic nitrogens is 2. The molecule has 0 spiro atoms. The number of nitrogens with zero attached hydrogens (tertiary/aromatic N) is 2. The maximum Gasteiger partial charge on any atom is 0.256 e. The van der Waals surface area contributed by atoms with Gasteiger partial charge in [-0.2, -0.15) is 0 Å². The average molecular weight is 476 g/mol. The van der Waals surface area contributed by atoms with Crippen LogP contribution in [-0.2, 0) is 13.0 Å². The van der Waals surface area contributed by atoms with Gasteiger partial charge in [0.1, 0.15) is 12.4 Å². The number of unbranched alkanes of at least 4 members (excludes halogenated alkanes) is 20. The normalized spacial score (nSPS) is 11.7. The second-order valence-electron chi connectivity index (χ2n) is 11.2. The van der Waals surface area contributed by atoms with Crippen molar-refractivity contribution in [1.82, 2.24) is 4.57 Å². The summed E-state index contributed by atoms with van der Waals surface area (Å²) in [5.41, 5.74) is 0. The summed E-state index contributed by atoms with van der Waals surface area (Å²) >= 11 is 0. The summed E-state index contributed by atoms with van der Waals surface area (Å²) in [4.78, 5) is 0. The summed E-state index contributed by atoms with van der Waals surface area (Å²) in [5.74, 6) is 1.56. The monoisotopic (exact) mass is 475 g/mol. The molecule has 0 bridgehead atoms. The molecule has 2 heteroatoms. The van der Waals surface area contributed by atoms with Crippen LogP contribution in [0.15, 0.2) is 12.4 Å². The lowest BCUT2D eigenvalue weighted by molar-refractivity contribution is -0.704. The van der Waals surface area contributed by atoms with Crippen LogP contribution < -0.4 is 4.57 Å². The van der Waals surface area contributed by atoms with Gasteiger partial charge in [0.05, 0.1) is 12.6 Å². The highest BCUT2D eigenvalue weighted by Crippen LogP contribution is 2.15. The first-order valence-corrected chi connectivity index (χ1v) is 15.8. The highest BCUT2D eigenvalue weighted by atomic mass is 15.2. The van der Waals surface area contributed by atoms with E-state index in [1.165, 1.54) is 154 Å². The summed E-state index contributed by atoms with van der Waals surface area (Å²) < 4.78 is 5.07. The van der Waals surface area contributed by atoms with Gasteiger partial charge in [0.25, 0.3) is 5.82 Å². The number of hydrogen-bond donors (Lipinski definition) is 0. The number of hydrogen-bond acceptors (Lipinski definition) is 0. The Morgan fingerprint density at radius 2 is 0.941 bits per heavy atom. The molecule has 0 amide bonds. The molecule has 2 nitrogen and oxygen atoms in total. The van der Waals surface area contributed by atoms with Crippen LogP contribution in [-0.4, -0.2) is 4.57 Å². The first-order chi connectivity index (χ1) is 16.7. The van der Waals surface area contributed by atoms with Gasteiger partial charge in [0.2, 0.25) is 0 Å². The zero-order valence-corrected chi connectivity index (χ0v) is 24.1. The van der Waals surface area contributed by atoms with Crippen molar-refractivity contribution < 1.29 is 4.57 Å². The van der Waals surface area contributed by atoms with E-state index in [2.05, 4.69) is 49.2 Å². The molecular weight excluding hydrogens is 412 g/mol. The minimum absolute atomic E-state index is 0.571. The molecule has 1 heterocycles. The van der Waals surface area contributed by atoms with Crippen molar-refractivity contribution in [2.75, 3.05) is 0 Å². The molecule has 0 saturated carbocycles. The standard InChI is InChI=1S/C32H63N2/c1-5-7-9-11-12-13-14-15-16-17-18-19-20-21-22-23-25-27-32-33(28-26-24-10-8-6-2)29-30-34(32)31(3)4/h29-31H,5-28H2,1-4H3/q+1. The van der Waals surface area contributed by atoms with E-state index in [1.807, 2.05) is 0 Å². The maximum absolute atomic E-state index is 2.55.